The number of halogens is 2. The second kappa shape index (κ2) is 5.02. The van der Waals surface area contributed by atoms with Gasteiger partial charge in [0.05, 0.1) is 12.5 Å². The molecule has 5 heteroatoms. The van der Waals surface area contributed by atoms with Crippen LogP contribution in [0.4, 0.5) is 4.39 Å². The van der Waals surface area contributed by atoms with Gasteiger partial charge in [0.1, 0.15) is 5.82 Å². The van der Waals surface area contributed by atoms with E-state index in [4.69, 9.17) is 11.6 Å². The summed E-state index contributed by atoms with van der Waals surface area (Å²) in [6.45, 7) is 0.941. The Morgan fingerprint density at radius 1 is 1.59 bits per heavy atom. The van der Waals surface area contributed by atoms with Crippen molar-refractivity contribution in [2.75, 3.05) is 13.1 Å². The number of β-amino-alcohol motifs (C(OH)–C–C–N with tert-alkyl or cyclic N) is 1. The molecular weight excluding hydrogens is 245 g/mol. The molecule has 1 amide bonds. The van der Waals surface area contributed by atoms with E-state index in [0.717, 1.165) is 0 Å². The zero-order chi connectivity index (χ0) is 12.4. The summed E-state index contributed by atoms with van der Waals surface area (Å²) in [4.78, 5) is 13.5. The molecule has 1 saturated heterocycles. The average molecular weight is 258 g/mol. The zero-order valence-electron chi connectivity index (χ0n) is 9.20. The van der Waals surface area contributed by atoms with Gasteiger partial charge >= 0.3 is 0 Å². The number of aliphatic hydroxyl groups excluding tert-OH is 1. The van der Waals surface area contributed by atoms with Gasteiger partial charge in [0, 0.05) is 18.1 Å². The summed E-state index contributed by atoms with van der Waals surface area (Å²) >= 11 is 5.85. The van der Waals surface area contributed by atoms with Crippen LogP contribution in [0.15, 0.2) is 18.2 Å². The first-order chi connectivity index (χ1) is 8.06. The molecule has 0 radical (unpaired) electrons. The second-order valence-electron chi connectivity index (χ2n) is 4.19. The van der Waals surface area contributed by atoms with E-state index >= 15 is 0 Å². The minimum atomic E-state index is -0.428. The largest absolute Gasteiger partial charge is 0.391 e. The summed E-state index contributed by atoms with van der Waals surface area (Å²) < 4.78 is 12.8. The fourth-order valence-corrected chi connectivity index (χ4v) is 2.14. The number of aliphatic hydroxyl groups is 1. The van der Waals surface area contributed by atoms with E-state index in [1.807, 2.05) is 0 Å². The lowest BCUT2D eigenvalue weighted by molar-refractivity contribution is -0.129. The molecule has 3 nitrogen and oxygen atoms in total. The molecule has 0 spiro atoms. The van der Waals surface area contributed by atoms with Gasteiger partial charge in [0.15, 0.2) is 0 Å². The minimum Gasteiger partial charge on any atom is -0.391 e. The van der Waals surface area contributed by atoms with Gasteiger partial charge in [-0.05, 0) is 24.1 Å². The Bertz CT molecular complexity index is 439. The van der Waals surface area contributed by atoms with Gasteiger partial charge < -0.3 is 10.0 Å². The van der Waals surface area contributed by atoms with Crippen molar-refractivity contribution in [2.45, 2.75) is 18.9 Å². The summed E-state index contributed by atoms with van der Waals surface area (Å²) in [7, 11) is 0. The Kier molecular flexibility index (Phi) is 3.64. The number of rotatable bonds is 2. The topological polar surface area (TPSA) is 40.5 Å². The minimum absolute atomic E-state index is 0.0879. The molecule has 2 rings (SSSR count). The van der Waals surface area contributed by atoms with Crippen LogP contribution in [-0.4, -0.2) is 35.1 Å². The van der Waals surface area contributed by atoms with Crippen molar-refractivity contribution in [3.63, 3.8) is 0 Å². The van der Waals surface area contributed by atoms with Gasteiger partial charge in [0.2, 0.25) is 5.91 Å². The van der Waals surface area contributed by atoms with E-state index in [-0.39, 0.29) is 17.4 Å². The fraction of sp³-hybridized carbons (Fsp3) is 0.417. The summed E-state index contributed by atoms with van der Waals surface area (Å²) in [5.74, 6) is -0.502. The lowest BCUT2D eigenvalue weighted by Gasteiger charge is -2.15. The van der Waals surface area contributed by atoms with Gasteiger partial charge in [0.25, 0.3) is 0 Å². The monoisotopic (exact) mass is 257 g/mol. The number of amides is 1. The van der Waals surface area contributed by atoms with Crippen LogP contribution in [0.25, 0.3) is 0 Å². The molecule has 1 heterocycles. The van der Waals surface area contributed by atoms with E-state index in [0.29, 0.717) is 25.1 Å². The quantitative estimate of drug-likeness (QED) is 0.875. The van der Waals surface area contributed by atoms with E-state index < -0.39 is 11.9 Å². The number of benzene rings is 1. The predicted octanol–water partition coefficient (Wildman–Crippen LogP) is 1.61. The van der Waals surface area contributed by atoms with Crippen molar-refractivity contribution in [1.82, 2.24) is 4.90 Å². The van der Waals surface area contributed by atoms with Gasteiger partial charge in [-0.3, -0.25) is 4.79 Å². The summed E-state index contributed by atoms with van der Waals surface area (Å²) in [5, 5.41) is 9.60. The number of hydrogen-bond acceptors (Lipinski definition) is 2. The first kappa shape index (κ1) is 12.3. The Hall–Kier alpha value is -1.13. The highest BCUT2D eigenvalue weighted by atomic mass is 35.5. The summed E-state index contributed by atoms with van der Waals surface area (Å²) in [5.41, 5.74) is 0.611. The maximum atomic E-state index is 12.8. The third kappa shape index (κ3) is 2.96. The van der Waals surface area contributed by atoms with E-state index in [9.17, 15) is 14.3 Å². The number of hydrogen-bond donors (Lipinski definition) is 1. The molecule has 0 bridgehead atoms. The van der Waals surface area contributed by atoms with E-state index in [2.05, 4.69) is 0 Å². The number of carbonyl (C=O) groups excluding carboxylic acids is 1. The van der Waals surface area contributed by atoms with Crippen LogP contribution in [0, 0.1) is 5.82 Å². The molecule has 0 aliphatic carbocycles. The van der Waals surface area contributed by atoms with Gasteiger partial charge in [-0.15, -0.1) is 0 Å². The van der Waals surface area contributed by atoms with E-state index in [1.165, 1.54) is 18.2 Å². The molecule has 0 unspecified atom stereocenters. The van der Waals surface area contributed by atoms with Crippen LogP contribution >= 0.6 is 11.6 Å². The molecule has 0 aromatic heterocycles. The number of likely N-dealkylation sites (tertiary alicyclic amines) is 1. The predicted molar refractivity (Wildman–Crippen MR) is 62.3 cm³/mol. The maximum absolute atomic E-state index is 12.8. The smallest absolute Gasteiger partial charge is 0.227 e. The highest BCUT2D eigenvalue weighted by molar-refractivity contribution is 6.31. The molecule has 1 aliphatic heterocycles. The van der Waals surface area contributed by atoms with Crippen molar-refractivity contribution in [2.24, 2.45) is 0 Å². The van der Waals surface area contributed by atoms with Crippen LogP contribution in [0.2, 0.25) is 5.02 Å². The maximum Gasteiger partial charge on any atom is 0.227 e. The van der Waals surface area contributed by atoms with Crippen molar-refractivity contribution in [3.8, 4) is 0 Å². The van der Waals surface area contributed by atoms with Crippen molar-refractivity contribution in [1.29, 1.82) is 0 Å². The molecule has 17 heavy (non-hydrogen) atoms. The van der Waals surface area contributed by atoms with Crippen LogP contribution in [-0.2, 0) is 11.2 Å². The molecule has 1 N–H and O–H groups in total. The third-order valence-electron chi connectivity index (χ3n) is 2.87. The van der Waals surface area contributed by atoms with Crippen molar-refractivity contribution < 1.29 is 14.3 Å². The second-order valence-corrected chi connectivity index (χ2v) is 4.60. The number of carbonyl (C=O) groups is 1. The Morgan fingerprint density at radius 3 is 2.94 bits per heavy atom. The molecule has 92 valence electrons. The lowest BCUT2D eigenvalue weighted by atomic mass is 10.1. The Morgan fingerprint density at radius 2 is 2.35 bits per heavy atom. The molecule has 1 aromatic carbocycles. The Labute approximate surface area is 104 Å². The first-order valence-electron chi connectivity index (χ1n) is 5.46. The Balaban J connectivity index is 2.03. The highest BCUT2D eigenvalue weighted by Crippen LogP contribution is 2.19. The molecule has 1 aliphatic rings. The van der Waals surface area contributed by atoms with E-state index in [1.54, 1.807) is 4.90 Å². The van der Waals surface area contributed by atoms with Crippen LogP contribution in [0.1, 0.15) is 12.0 Å². The van der Waals surface area contributed by atoms with Crippen molar-refractivity contribution >= 4 is 17.5 Å². The normalized spacial score (nSPS) is 19.7. The summed E-state index contributed by atoms with van der Waals surface area (Å²) in [6, 6.07) is 4.00. The van der Waals surface area contributed by atoms with Crippen LogP contribution in [0.3, 0.4) is 0 Å². The highest BCUT2D eigenvalue weighted by Gasteiger charge is 2.24. The van der Waals surface area contributed by atoms with Gasteiger partial charge in [-0.2, -0.15) is 0 Å². The lowest BCUT2D eigenvalue weighted by Crippen LogP contribution is -2.30. The molecule has 0 saturated carbocycles. The average Bonchev–Trinajstić information content (AvgIpc) is 2.69. The van der Waals surface area contributed by atoms with Crippen molar-refractivity contribution in [3.05, 3.63) is 34.6 Å². The van der Waals surface area contributed by atoms with Crippen LogP contribution in [0.5, 0.6) is 0 Å². The molecule has 1 fully saturated rings. The SMILES string of the molecule is O=C(Cc1ccc(F)cc1Cl)N1CC[C@@H](O)C1. The molecular formula is C12H13ClFNO2. The molecule has 1 aromatic rings. The van der Waals surface area contributed by atoms with Crippen LogP contribution < -0.4 is 0 Å². The first-order valence-corrected chi connectivity index (χ1v) is 5.84. The fourth-order valence-electron chi connectivity index (χ4n) is 1.91. The number of nitrogens with zero attached hydrogens (tertiary/aromatic N) is 1. The van der Waals surface area contributed by atoms with Gasteiger partial charge in [-0.25, -0.2) is 4.39 Å². The standard InChI is InChI=1S/C12H13ClFNO2/c13-11-6-9(14)2-1-8(11)5-12(17)15-4-3-10(16)7-15/h1-2,6,10,16H,3-5,7H2/t10-/m1/s1. The van der Waals surface area contributed by atoms with Gasteiger partial charge in [-0.1, -0.05) is 17.7 Å². The third-order valence-corrected chi connectivity index (χ3v) is 3.22. The molecule has 1 atom stereocenters. The zero-order valence-corrected chi connectivity index (χ0v) is 9.95. The summed E-state index contributed by atoms with van der Waals surface area (Å²) in [6.07, 6.45) is 0.331.